The van der Waals surface area contributed by atoms with E-state index >= 15 is 0 Å². The SMILES string of the molecule is CC(C)Nc1cnc2ccc(F)cc2c1. The summed E-state index contributed by atoms with van der Waals surface area (Å²) in [4.78, 5) is 4.25. The van der Waals surface area contributed by atoms with Crippen LogP contribution >= 0.6 is 0 Å². The molecule has 78 valence electrons. The Morgan fingerprint density at radius 2 is 2.07 bits per heavy atom. The summed E-state index contributed by atoms with van der Waals surface area (Å²) < 4.78 is 13.0. The van der Waals surface area contributed by atoms with E-state index < -0.39 is 0 Å². The molecule has 2 rings (SSSR count). The number of anilines is 1. The fourth-order valence-corrected chi connectivity index (χ4v) is 1.51. The quantitative estimate of drug-likeness (QED) is 0.812. The second-order valence-electron chi connectivity index (χ2n) is 3.86. The van der Waals surface area contributed by atoms with E-state index in [0.717, 1.165) is 16.6 Å². The zero-order valence-corrected chi connectivity index (χ0v) is 8.79. The molecule has 0 aliphatic carbocycles. The number of pyridine rings is 1. The van der Waals surface area contributed by atoms with Crippen molar-refractivity contribution in [3.8, 4) is 0 Å². The van der Waals surface area contributed by atoms with Crippen LogP contribution in [0.5, 0.6) is 0 Å². The van der Waals surface area contributed by atoms with Gasteiger partial charge in [-0.2, -0.15) is 0 Å². The molecule has 0 saturated carbocycles. The van der Waals surface area contributed by atoms with Crippen LogP contribution in [0.15, 0.2) is 30.5 Å². The van der Waals surface area contributed by atoms with Gasteiger partial charge in [0, 0.05) is 11.4 Å². The van der Waals surface area contributed by atoms with E-state index in [0.29, 0.717) is 6.04 Å². The van der Waals surface area contributed by atoms with Crippen LogP contribution in [0.2, 0.25) is 0 Å². The van der Waals surface area contributed by atoms with Gasteiger partial charge >= 0.3 is 0 Å². The molecular formula is C12H13FN2. The summed E-state index contributed by atoms with van der Waals surface area (Å²) >= 11 is 0. The maximum atomic E-state index is 13.0. The number of benzene rings is 1. The fourth-order valence-electron chi connectivity index (χ4n) is 1.51. The van der Waals surface area contributed by atoms with E-state index in [2.05, 4.69) is 24.1 Å². The topological polar surface area (TPSA) is 24.9 Å². The second-order valence-corrected chi connectivity index (χ2v) is 3.86. The predicted molar refractivity (Wildman–Crippen MR) is 60.5 cm³/mol. The molecular weight excluding hydrogens is 191 g/mol. The van der Waals surface area contributed by atoms with Crippen molar-refractivity contribution in [2.24, 2.45) is 0 Å². The maximum absolute atomic E-state index is 13.0. The molecule has 1 aromatic carbocycles. The monoisotopic (exact) mass is 204 g/mol. The lowest BCUT2D eigenvalue weighted by Gasteiger charge is -2.09. The molecule has 0 bridgehead atoms. The summed E-state index contributed by atoms with van der Waals surface area (Å²) in [6.45, 7) is 4.10. The van der Waals surface area contributed by atoms with Gasteiger partial charge in [0.05, 0.1) is 17.4 Å². The third-order valence-electron chi connectivity index (χ3n) is 2.10. The van der Waals surface area contributed by atoms with E-state index in [1.807, 2.05) is 6.07 Å². The Hall–Kier alpha value is -1.64. The lowest BCUT2D eigenvalue weighted by molar-refractivity contribution is 0.629. The van der Waals surface area contributed by atoms with Crippen LogP contribution in [0.4, 0.5) is 10.1 Å². The molecule has 0 spiro atoms. The van der Waals surface area contributed by atoms with E-state index in [4.69, 9.17) is 0 Å². The summed E-state index contributed by atoms with van der Waals surface area (Å²) in [5.41, 5.74) is 1.73. The summed E-state index contributed by atoms with van der Waals surface area (Å²) in [5, 5.41) is 4.05. The molecule has 1 aromatic heterocycles. The van der Waals surface area contributed by atoms with Crippen molar-refractivity contribution in [3.05, 3.63) is 36.3 Å². The smallest absolute Gasteiger partial charge is 0.123 e. The van der Waals surface area contributed by atoms with Crippen LogP contribution < -0.4 is 5.32 Å². The molecule has 15 heavy (non-hydrogen) atoms. The zero-order valence-electron chi connectivity index (χ0n) is 8.79. The summed E-state index contributed by atoms with van der Waals surface area (Å²) in [6.07, 6.45) is 1.76. The highest BCUT2D eigenvalue weighted by Gasteiger charge is 2.00. The van der Waals surface area contributed by atoms with Crippen LogP contribution in [0.25, 0.3) is 10.9 Å². The Morgan fingerprint density at radius 3 is 2.80 bits per heavy atom. The number of hydrogen-bond donors (Lipinski definition) is 1. The first-order chi connectivity index (χ1) is 7.15. The average molecular weight is 204 g/mol. The lowest BCUT2D eigenvalue weighted by atomic mass is 10.2. The average Bonchev–Trinajstić information content (AvgIpc) is 2.16. The van der Waals surface area contributed by atoms with E-state index in [1.165, 1.54) is 12.1 Å². The van der Waals surface area contributed by atoms with Crippen molar-refractivity contribution in [1.29, 1.82) is 0 Å². The number of aromatic nitrogens is 1. The molecule has 0 aliphatic heterocycles. The van der Waals surface area contributed by atoms with E-state index in [1.54, 1.807) is 12.3 Å². The summed E-state index contributed by atoms with van der Waals surface area (Å²) in [7, 11) is 0. The standard InChI is InChI=1S/C12H13FN2/c1-8(2)15-11-6-9-5-10(13)3-4-12(9)14-7-11/h3-8,15H,1-2H3. The molecule has 0 amide bonds. The minimum Gasteiger partial charge on any atom is -0.382 e. The molecule has 1 N–H and O–H groups in total. The van der Waals surface area contributed by atoms with Crippen LogP contribution in [0.1, 0.15) is 13.8 Å². The third-order valence-corrected chi connectivity index (χ3v) is 2.10. The fraction of sp³-hybridized carbons (Fsp3) is 0.250. The molecule has 2 aromatic rings. The summed E-state index contributed by atoms with van der Waals surface area (Å²) in [5.74, 6) is -0.231. The molecule has 0 aliphatic rings. The predicted octanol–water partition coefficient (Wildman–Crippen LogP) is 3.19. The highest BCUT2D eigenvalue weighted by molar-refractivity contribution is 5.81. The van der Waals surface area contributed by atoms with Crippen molar-refractivity contribution in [2.75, 3.05) is 5.32 Å². The van der Waals surface area contributed by atoms with Crippen molar-refractivity contribution >= 4 is 16.6 Å². The molecule has 0 atom stereocenters. The maximum Gasteiger partial charge on any atom is 0.123 e. The van der Waals surface area contributed by atoms with Crippen molar-refractivity contribution in [2.45, 2.75) is 19.9 Å². The van der Waals surface area contributed by atoms with Crippen molar-refractivity contribution in [3.63, 3.8) is 0 Å². The van der Waals surface area contributed by atoms with Gasteiger partial charge in [-0.05, 0) is 38.1 Å². The van der Waals surface area contributed by atoms with Gasteiger partial charge in [-0.25, -0.2) is 4.39 Å². The number of halogens is 1. The first-order valence-corrected chi connectivity index (χ1v) is 4.97. The normalized spacial score (nSPS) is 10.9. The molecule has 2 nitrogen and oxygen atoms in total. The van der Waals surface area contributed by atoms with Gasteiger partial charge in [-0.1, -0.05) is 0 Å². The van der Waals surface area contributed by atoms with Crippen molar-refractivity contribution < 1.29 is 4.39 Å². The van der Waals surface area contributed by atoms with Gasteiger partial charge in [0.25, 0.3) is 0 Å². The Morgan fingerprint density at radius 1 is 1.27 bits per heavy atom. The van der Waals surface area contributed by atoms with Gasteiger partial charge in [0.15, 0.2) is 0 Å². The first kappa shape index (κ1) is 9.90. The second kappa shape index (κ2) is 3.85. The minimum atomic E-state index is -0.231. The Kier molecular flexibility index (Phi) is 2.54. The minimum absolute atomic E-state index is 0.231. The van der Waals surface area contributed by atoms with E-state index in [-0.39, 0.29) is 5.82 Å². The van der Waals surface area contributed by atoms with Gasteiger partial charge in [0.1, 0.15) is 5.82 Å². The Labute approximate surface area is 88.1 Å². The molecule has 0 unspecified atom stereocenters. The van der Waals surface area contributed by atoms with Crippen LogP contribution in [-0.4, -0.2) is 11.0 Å². The number of nitrogens with zero attached hydrogens (tertiary/aromatic N) is 1. The highest BCUT2D eigenvalue weighted by atomic mass is 19.1. The first-order valence-electron chi connectivity index (χ1n) is 4.97. The highest BCUT2D eigenvalue weighted by Crippen LogP contribution is 2.17. The molecule has 3 heteroatoms. The number of hydrogen-bond acceptors (Lipinski definition) is 2. The summed E-state index contributed by atoms with van der Waals surface area (Å²) in [6, 6.07) is 6.85. The molecule has 0 radical (unpaired) electrons. The Bertz CT molecular complexity index is 480. The van der Waals surface area contributed by atoms with E-state index in [9.17, 15) is 4.39 Å². The third kappa shape index (κ3) is 2.24. The van der Waals surface area contributed by atoms with Crippen LogP contribution in [0, 0.1) is 5.82 Å². The Balaban J connectivity index is 2.45. The number of rotatable bonds is 2. The molecule has 1 heterocycles. The zero-order chi connectivity index (χ0) is 10.8. The largest absolute Gasteiger partial charge is 0.382 e. The van der Waals surface area contributed by atoms with Crippen molar-refractivity contribution in [1.82, 2.24) is 4.98 Å². The number of fused-ring (bicyclic) bond motifs is 1. The van der Waals surface area contributed by atoms with Crippen LogP contribution in [-0.2, 0) is 0 Å². The lowest BCUT2D eigenvalue weighted by Crippen LogP contribution is -2.09. The molecule has 0 fully saturated rings. The van der Waals surface area contributed by atoms with Crippen LogP contribution in [0.3, 0.4) is 0 Å². The molecule has 0 saturated heterocycles. The van der Waals surface area contributed by atoms with Gasteiger partial charge in [-0.3, -0.25) is 4.98 Å². The van der Waals surface area contributed by atoms with Gasteiger partial charge < -0.3 is 5.32 Å². The van der Waals surface area contributed by atoms with Gasteiger partial charge in [0.2, 0.25) is 0 Å². The van der Waals surface area contributed by atoms with Gasteiger partial charge in [-0.15, -0.1) is 0 Å². The number of nitrogens with one attached hydrogen (secondary N) is 1.